The molecular weight excluding hydrogens is 174 g/mol. The summed E-state index contributed by atoms with van der Waals surface area (Å²) in [5.74, 6) is 0.684. The van der Waals surface area contributed by atoms with E-state index in [1.54, 1.807) is 16.9 Å². The van der Waals surface area contributed by atoms with E-state index in [1.807, 2.05) is 0 Å². The fourth-order valence-electron chi connectivity index (χ4n) is 1.29. The summed E-state index contributed by atoms with van der Waals surface area (Å²) in [5.41, 5.74) is 0. The molecule has 1 aromatic rings. The number of fused-ring (bicyclic) bond motifs is 1. The Kier molecular flexibility index (Phi) is 1.80. The number of nitrogens with zero attached hydrogens (tertiary/aromatic N) is 2. The average molecular weight is 183 g/mol. The molecule has 0 fully saturated rings. The predicted molar refractivity (Wildman–Crippen MR) is 42.7 cm³/mol. The zero-order valence-corrected chi connectivity index (χ0v) is 6.80. The average Bonchev–Trinajstić information content (AvgIpc) is 2.49. The Hall–Kier alpha value is -1.72. The van der Waals surface area contributed by atoms with Gasteiger partial charge in [-0.15, -0.1) is 0 Å². The summed E-state index contributed by atoms with van der Waals surface area (Å²) in [6, 6.07) is 1.53. The summed E-state index contributed by atoms with van der Waals surface area (Å²) in [6.45, 7) is 0.882. The lowest BCUT2D eigenvalue weighted by molar-refractivity contribution is 0.157. The van der Waals surface area contributed by atoms with Crippen LogP contribution in [0.5, 0.6) is 5.88 Å². The molecule has 6 nitrogen and oxygen atoms in total. The maximum absolute atomic E-state index is 10.3. The largest absolute Gasteiger partial charge is 0.476 e. The van der Waals surface area contributed by atoms with Crippen molar-refractivity contribution in [1.82, 2.24) is 15.1 Å². The molecule has 0 saturated carbocycles. The summed E-state index contributed by atoms with van der Waals surface area (Å²) >= 11 is 0. The Balaban J connectivity index is 2.04. The third-order valence-corrected chi connectivity index (χ3v) is 1.83. The highest BCUT2D eigenvalue weighted by atomic mass is 16.5. The van der Waals surface area contributed by atoms with Crippen LogP contribution < -0.4 is 10.1 Å². The summed E-state index contributed by atoms with van der Waals surface area (Å²) in [4.78, 5) is 10.3. The van der Waals surface area contributed by atoms with Crippen LogP contribution in [0, 0.1) is 0 Å². The Morgan fingerprint density at radius 1 is 1.85 bits per heavy atom. The molecule has 6 heteroatoms. The van der Waals surface area contributed by atoms with E-state index in [9.17, 15) is 4.79 Å². The van der Waals surface area contributed by atoms with E-state index < -0.39 is 6.09 Å². The molecule has 1 aromatic heterocycles. The molecule has 2 rings (SSSR count). The third kappa shape index (κ3) is 1.56. The van der Waals surface area contributed by atoms with Gasteiger partial charge in [-0.2, -0.15) is 5.10 Å². The minimum atomic E-state index is -1.04. The zero-order valence-electron chi connectivity index (χ0n) is 6.80. The first kappa shape index (κ1) is 7.90. The molecule has 0 aromatic carbocycles. The second-order valence-electron chi connectivity index (χ2n) is 2.81. The second kappa shape index (κ2) is 2.96. The molecule has 0 radical (unpaired) electrons. The molecule has 0 bridgehead atoms. The van der Waals surface area contributed by atoms with Crippen LogP contribution in [0.1, 0.15) is 0 Å². The molecule has 1 aliphatic rings. The molecular formula is C7H9N3O3. The van der Waals surface area contributed by atoms with Crippen LogP contribution in [-0.4, -0.2) is 33.6 Å². The van der Waals surface area contributed by atoms with Gasteiger partial charge in [0.15, 0.2) is 0 Å². The van der Waals surface area contributed by atoms with Crippen molar-refractivity contribution in [2.75, 3.05) is 6.61 Å². The normalized spacial score (nSPS) is 20.2. The predicted octanol–water partition coefficient (Wildman–Crippen LogP) is -0.0883. The molecule has 0 aliphatic carbocycles. The van der Waals surface area contributed by atoms with Crippen LogP contribution in [0.15, 0.2) is 12.3 Å². The maximum atomic E-state index is 10.3. The summed E-state index contributed by atoms with van der Waals surface area (Å²) in [7, 11) is 0. The summed E-state index contributed by atoms with van der Waals surface area (Å²) < 4.78 is 6.88. The SMILES string of the molecule is O=C(O)N[C@H]1COc2ccnn2C1. The molecule has 1 amide bonds. The van der Waals surface area contributed by atoms with Gasteiger partial charge in [-0.1, -0.05) is 0 Å². The highest BCUT2D eigenvalue weighted by Crippen LogP contribution is 2.14. The number of hydrogen-bond acceptors (Lipinski definition) is 3. The number of carboxylic acid groups (broad SMARTS) is 1. The standard InChI is InChI=1S/C7H9N3O3/c11-7(12)9-5-3-10-6(13-4-5)1-2-8-10/h1-2,5,9H,3-4H2,(H,11,12)/t5-/m1/s1. The number of aromatic nitrogens is 2. The lowest BCUT2D eigenvalue weighted by Gasteiger charge is -2.23. The van der Waals surface area contributed by atoms with Crippen molar-refractivity contribution in [2.45, 2.75) is 12.6 Å². The van der Waals surface area contributed by atoms with Gasteiger partial charge in [0.1, 0.15) is 6.61 Å². The molecule has 2 N–H and O–H groups in total. The topological polar surface area (TPSA) is 76.4 Å². The molecule has 2 heterocycles. The monoisotopic (exact) mass is 183 g/mol. The fourth-order valence-corrected chi connectivity index (χ4v) is 1.29. The first-order chi connectivity index (χ1) is 6.25. The van der Waals surface area contributed by atoms with Crippen molar-refractivity contribution in [3.63, 3.8) is 0 Å². The van der Waals surface area contributed by atoms with E-state index in [0.29, 0.717) is 19.0 Å². The van der Waals surface area contributed by atoms with Crippen LogP contribution in [0.2, 0.25) is 0 Å². The van der Waals surface area contributed by atoms with Gasteiger partial charge in [-0.3, -0.25) is 0 Å². The molecule has 13 heavy (non-hydrogen) atoms. The second-order valence-corrected chi connectivity index (χ2v) is 2.81. The highest BCUT2D eigenvalue weighted by Gasteiger charge is 2.20. The fraction of sp³-hybridized carbons (Fsp3) is 0.429. The van der Waals surface area contributed by atoms with Gasteiger partial charge in [0.25, 0.3) is 0 Å². The maximum Gasteiger partial charge on any atom is 0.405 e. The van der Waals surface area contributed by atoms with Gasteiger partial charge in [-0.25, -0.2) is 9.48 Å². The Morgan fingerprint density at radius 3 is 3.46 bits per heavy atom. The third-order valence-electron chi connectivity index (χ3n) is 1.83. The number of nitrogens with one attached hydrogen (secondary N) is 1. The van der Waals surface area contributed by atoms with E-state index in [0.717, 1.165) is 0 Å². The number of amides is 1. The van der Waals surface area contributed by atoms with Crippen molar-refractivity contribution >= 4 is 6.09 Å². The first-order valence-corrected chi connectivity index (χ1v) is 3.90. The highest BCUT2D eigenvalue weighted by molar-refractivity contribution is 5.64. The van der Waals surface area contributed by atoms with Crippen molar-refractivity contribution in [3.8, 4) is 5.88 Å². The Labute approximate surface area is 74.1 Å². The summed E-state index contributed by atoms with van der Waals surface area (Å²) in [6.07, 6.45) is 0.586. The smallest absolute Gasteiger partial charge is 0.405 e. The van der Waals surface area contributed by atoms with E-state index >= 15 is 0 Å². The van der Waals surface area contributed by atoms with Gasteiger partial charge in [-0.05, 0) is 0 Å². The van der Waals surface area contributed by atoms with E-state index in [-0.39, 0.29) is 6.04 Å². The molecule has 0 saturated heterocycles. The van der Waals surface area contributed by atoms with E-state index in [2.05, 4.69) is 10.4 Å². The Morgan fingerprint density at radius 2 is 2.69 bits per heavy atom. The minimum absolute atomic E-state index is 0.218. The van der Waals surface area contributed by atoms with Gasteiger partial charge in [0.05, 0.1) is 18.8 Å². The first-order valence-electron chi connectivity index (χ1n) is 3.90. The van der Waals surface area contributed by atoms with Crippen LogP contribution in [0.25, 0.3) is 0 Å². The van der Waals surface area contributed by atoms with Crippen molar-refractivity contribution in [3.05, 3.63) is 12.3 Å². The lowest BCUT2D eigenvalue weighted by Crippen LogP contribution is -2.44. The molecule has 0 spiro atoms. The number of hydrogen-bond donors (Lipinski definition) is 2. The lowest BCUT2D eigenvalue weighted by atomic mass is 10.3. The van der Waals surface area contributed by atoms with Crippen LogP contribution in [-0.2, 0) is 6.54 Å². The summed E-state index contributed by atoms with van der Waals surface area (Å²) in [5, 5.41) is 14.8. The van der Waals surface area contributed by atoms with Gasteiger partial charge in [0, 0.05) is 6.07 Å². The number of rotatable bonds is 1. The molecule has 1 aliphatic heterocycles. The van der Waals surface area contributed by atoms with Gasteiger partial charge < -0.3 is 15.2 Å². The van der Waals surface area contributed by atoms with Gasteiger partial charge >= 0.3 is 6.09 Å². The van der Waals surface area contributed by atoms with Crippen molar-refractivity contribution in [2.24, 2.45) is 0 Å². The van der Waals surface area contributed by atoms with Crippen molar-refractivity contribution < 1.29 is 14.6 Å². The van der Waals surface area contributed by atoms with Gasteiger partial charge in [0.2, 0.25) is 5.88 Å². The van der Waals surface area contributed by atoms with E-state index in [4.69, 9.17) is 9.84 Å². The number of ether oxygens (including phenoxy) is 1. The minimum Gasteiger partial charge on any atom is -0.476 e. The van der Waals surface area contributed by atoms with E-state index in [1.165, 1.54) is 0 Å². The zero-order chi connectivity index (χ0) is 9.26. The number of carbonyl (C=O) groups is 1. The molecule has 1 atom stereocenters. The Bertz CT molecular complexity index is 323. The quantitative estimate of drug-likeness (QED) is 0.638. The van der Waals surface area contributed by atoms with Crippen molar-refractivity contribution in [1.29, 1.82) is 0 Å². The van der Waals surface area contributed by atoms with Crippen LogP contribution >= 0.6 is 0 Å². The molecule has 0 unspecified atom stereocenters. The molecule has 70 valence electrons. The van der Waals surface area contributed by atoms with Crippen LogP contribution in [0.3, 0.4) is 0 Å². The van der Waals surface area contributed by atoms with Crippen LogP contribution in [0.4, 0.5) is 4.79 Å².